The van der Waals surface area contributed by atoms with Gasteiger partial charge in [-0.25, -0.2) is 4.79 Å². The predicted octanol–water partition coefficient (Wildman–Crippen LogP) is 5.22. The van der Waals surface area contributed by atoms with E-state index in [9.17, 15) is 9.59 Å². The van der Waals surface area contributed by atoms with Crippen LogP contribution in [0.25, 0.3) is 6.08 Å². The summed E-state index contributed by atoms with van der Waals surface area (Å²) in [5.41, 5.74) is 2.30. The van der Waals surface area contributed by atoms with E-state index in [0.29, 0.717) is 0 Å². The van der Waals surface area contributed by atoms with Gasteiger partial charge in [-0.05, 0) is 57.1 Å². The molecule has 2 fully saturated rings. The minimum absolute atomic E-state index is 0.188. The zero-order chi connectivity index (χ0) is 24.3. The first-order valence-electron chi connectivity index (χ1n) is 11.8. The number of ether oxygens (including phenoxy) is 1. The molecule has 0 radical (unpaired) electrons. The molecule has 1 saturated heterocycles. The van der Waals surface area contributed by atoms with Crippen molar-refractivity contribution in [2.24, 2.45) is 5.92 Å². The molecule has 2 aliphatic rings. The van der Waals surface area contributed by atoms with E-state index in [2.05, 4.69) is 5.32 Å². The lowest BCUT2D eigenvalue weighted by Crippen LogP contribution is -2.41. The lowest BCUT2D eigenvalue weighted by molar-refractivity contribution is 0.00578. The Balaban J connectivity index is 1.46. The molecular formula is C27H32BNO5. The van der Waals surface area contributed by atoms with Crippen LogP contribution in [0.1, 0.15) is 62.0 Å². The van der Waals surface area contributed by atoms with E-state index in [1.165, 1.54) is 0 Å². The van der Waals surface area contributed by atoms with Crippen molar-refractivity contribution in [3.05, 3.63) is 76.8 Å². The first kappa shape index (κ1) is 24.2. The van der Waals surface area contributed by atoms with Gasteiger partial charge >= 0.3 is 13.2 Å². The number of Topliss-reactive ketones (excluding diaryl/α,β-unsaturated/α-hetero) is 1. The summed E-state index contributed by atoms with van der Waals surface area (Å²) in [7, 11) is -0.618. The van der Waals surface area contributed by atoms with Gasteiger partial charge in [0.25, 0.3) is 0 Å². The molecule has 1 heterocycles. The Kier molecular flexibility index (Phi) is 6.96. The zero-order valence-electron chi connectivity index (χ0n) is 20.3. The maximum atomic E-state index is 12.4. The Morgan fingerprint density at radius 1 is 1.00 bits per heavy atom. The molecule has 178 valence electrons. The lowest BCUT2D eigenvalue weighted by Gasteiger charge is -2.32. The molecule has 34 heavy (non-hydrogen) atoms. The summed E-state index contributed by atoms with van der Waals surface area (Å²) in [6, 6.07) is 17.1. The first-order valence-corrected chi connectivity index (χ1v) is 11.8. The van der Waals surface area contributed by atoms with Crippen LogP contribution < -0.4 is 5.32 Å². The van der Waals surface area contributed by atoms with Crippen molar-refractivity contribution in [3.8, 4) is 0 Å². The fourth-order valence-corrected chi connectivity index (χ4v) is 3.68. The molecule has 0 spiro atoms. The first-order chi connectivity index (χ1) is 16.1. The number of carbonyl (C=O) groups is 2. The molecule has 0 atom stereocenters. The van der Waals surface area contributed by atoms with Gasteiger partial charge in [0.1, 0.15) is 6.61 Å². The maximum absolute atomic E-state index is 12.4. The normalized spacial score (nSPS) is 19.1. The highest BCUT2D eigenvalue weighted by Gasteiger charge is 2.52. The molecule has 1 aliphatic heterocycles. The second-order valence-electron chi connectivity index (χ2n) is 9.98. The van der Waals surface area contributed by atoms with Gasteiger partial charge in [0, 0.05) is 18.0 Å². The van der Waals surface area contributed by atoms with Crippen LogP contribution in [-0.4, -0.2) is 36.7 Å². The van der Waals surface area contributed by atoms with Crippen molar-refractivity contribution in [1.82, 2.24) is 5.32 Å². The molecule has 0 bridgehead atoms. The van der Waals surface area contributed by atoms with E-state index in [1.807, 2.05) is 88.4 Å². The summed E-state index contributed by atoms with van der Waals surface area (Å²) in [5.74, 6) is 0.400. The van der Waals surface area contributed by atoms with E-state index in [1.54, 1.807) is 0 Å². The van der Waals surface area contributed by atoms with E-state index < -0.39 is 24.4 Å². The number of benzene rings is 2. The van der Waals surface area contributed by atoms with Crippen LogP contribution in [0, 0.1) is 5.92 Å². The smallest absolute Gasteiger partial charge is 0.445 e. The molecule has 1 saturated carbocycles. The fourth-order valence-electron chi connectivity index (χ4n) is 3.68. The number of alkyl carbamates (subject to hydrolysis) is 1. The highest BCUT2D eigenvalue weighted by atomic mass is 16.7. The molecular weight excluding hydrogens is 429 g/mol. The number of carbonyl (C=O) groups excluding carboxylic acids is 2. The number of nitrogens with one attached hydrogen (secondary N) is 1. The van der Waals surface area contributed by atoms with Crippen molar-refractivity contribution in [1.29, 1.82) is 0 Å². The quantitative estimate of drug-likeness (QED) is 0.431. The van der Waals surface area contributed by atoms with Gasteiger partial charge in [0.05, 0.1) is 11.2 Å². The summed E-state index contributed by atoms with van der Waals surface area (Å²) in [6.45, 7) is 8.36. The topological polar surface area (TPSA) is 73.9 Å². The third-order valence-corrected chi connectivity index (χ3v) is 6.70. The molecule has 0 unspecified atom stereocenters. The van der Waals surface area contributed by atoms with E-state index in [0.717, 1.165) is 35.0 Å². The van der Waals surface area contributed by atoms with E-state index >= 15 is 0 Å². The molecule has 6 nitrogen and oxygen atoms in total. The van der Waals surface area contributed by atoms with Gasteiger partial charge in [-0.3, -0.25) is 4.79 Å². The summed E-state index contributed by atoms with van der Waals surface area (Å²) >= 11 is 0. The van der Waals surface area contributed by atoms with Crippen LogP contribution in [0.15, 0.2) is 60.1 Å². The van der Waals surface area contributed by atoms with Crippen molar-refractivity contribution in [2.75, 3.05) is 6.54 Å². The van der Waals surface area contributed by atoms with Gasteiger partial charge in [-0.2, -0.15) is 0 Å². The lowest BCUT2D eigenvalue weighted by atomic mass is 9.77. The minimum Gasteiger partial charge on any atom is -0.445 e. The number of amides is 1. The summed E-state index contributed by atoms with van der Waals surface area (Å²) in [4.78, 5) is 24.7. The Hall–Kier alpha value is -2.90. The monoisotopic (exact) mass is 461 g/mol. The van der Waals surface area contributed by atoms with E-state index in [-0.39, 0.29) is 24.9 Å². The predicted molar refractivity (Wildman–Crippen MR) is 132 cm³/mol. The summed E-state index contributed by atoms with van der Waals surface area (Å²) in [5, 5.41) is 2.81. The average Bonchev–Trinajstić information content (AvgIpc) is 3.62. The van der Waals surface area contributed by atoms with Crippen molar-refractivity contribution in [3.63, 3.8) is 0 Å². The van der Waals surface area contributed by atoms with Crippen molar-refractivity contribution >= 4 is 25.1 Å². The van der Waals surface area contributed by atoms with Crippen LogP contribution >= 0.6 is 0 Å². The minimum atomic E-state index is -0.618. The van der Waals surface area contributed by atoms with Crippen molar-refractivity contribution < 1.29 is 23.6 Å². The SMILES string of the molecule is CC1(C)OB(C(=Cc2ccc(C(=O)C3CC3)cc2)CNC(=O)OCc2ccccc2)OC1(C)C. The highest BCUT2D eigenvalue weighted by molar-refractivity contribution is 6.56. The highest BCUT2D eigenvalue weighted by Crippen LogP contribution is 2.39. The zero-order valence-corrected chi connectivity index (χ0v) is 20.3. The Labute approximate surface area is 201 Å². The molecule has 1 amide bonds. The fraction of sp³-hybridized carbons (Fsp3) is 0.407. The maximum Gasteiger partial charge on any atom is 0.492 e. The number of rotatable bonds is 8. The third-order valence-electron chi connectivity index (χ3n) is 6.70. The third kappa shape index (κ3) is 5.77. The molecule has 7 heteroatoms. The van der Waals surface area contributed by atoms with Gasteiger partial charge in [-0.15, -0.1) is 0 Å². The van der Waals surface area contributed by atoms with Crippen LogP contribution in [0.5, 0.6) is 0 Å². The van der Waals surface area contributed by atoms with Crippen molar-refractivity contribution in [2.45, 2.75) is 58.3 Å². The van der Waals surface area contributed by atoms with Gasteiger partial charge in [-0.1, -0.05) is 60.7 Å². The Bertz CT molecular complexity index is 1040. The summed E-state index contributed by atoms with van der Waals surface area (Å²) < 4.78 is 17.8. The number of ketones is 1. The molecule has 0 aromatic heterocycles. The Morgan fingerprint density at radius 3 is 2.21 bits per heavy atom. The van der Waals surface area contributed by atoms with Crippen LogP contribution in [-0.2, 0) is 20.7 Å². The Morgan fingerprint density at radius 2 is 1.62 bits per heavy atom. The molecule has 4 rings (SSSR count). The largest absolute Gasteiger partial charge is 0.492 e. The second-order valence-corrected chi connectivity index (χ2v) is 9.98. The molecule has 1 N–H and O–H groups in total. The second kappa shape index (κ2) is 9.76. The molecule has 1 aliphatic carbocycles. The van der Waals surface area contributed by atoms with E-state index in [4.69, 9.17) is 14.0 Å². The standard InChI is InChI=1S/C27H32BNO5/c1-26(2)27(3,4)34-28(33-26)23(17-29-25(31)32-18-20-8-6-5-7-9-20)16-19-10-12-21(13-11-19)24(30)22-14-15-22/h5-13,16,22H,14-15,17-18H2,1-4H3,(H,29,31). The van der Waals surface area contributed by atoms with Gasteiger partial charge in [0.2, 0.25) is 0 Å². The summed E-state index contributed by atoms with van der Waals surface area (Å²) in [6.07, 6.45) is 3.39. The van der Waals surface area contributed by atoms with Crippen LogP contribution in [0.3, 0.4) is 0 Å². The van der Waals surface area contributed by atoms with Crippen LogP contribution in [0.4, 0.5) is 4.79 Å². The van der Waals surface area contributed by atoms with Gasteiger partial charge < -0.3 is 19.4 Å². The number of hydrogen-bond acceptors (Lipinski definition) is 5. The molecule has 2 aromatic rings. The van der Waals surface area contributed by atoms with Gasteiger partial charge in [0.15, 0.2) is 5.78 Å². The average molecular weight is 461 g/mol. The molecule has 2 aromatic carbocycles. The number of hydrogen-bond donors (Lipinski definition) is 1. The van der Waals surface area contributed by atoms with Crippen LogP contribution in [0.2, 0.25) is 0 Å².